The number of alkyl halides is 4. The molecule has 1 aliphatic heterocycles. The fourth-order valence-corrected chi connectivity index (χ4v) is 3.05. The van der Waals surface area contributed by atoms with Gasteiger partial charge in [-0.15, -0.1) is 0 Å². The van der Waals surface area contributed by atoms with Crippen molar-refractivity contribution in [2.75, 3.05) is 6.54 Å². The van der Waals surface area contributed by atoms with E-state index in [1.54, 1.807) is 13.0 Å². The number of rotatable bonds is 3. The third-order valence-electron chi connectivity index (χ3n) is 4.46. The Balaban J connectivity index is 1.81. The molecule has 7 heteroatoms. The maximum atomic E-state index is 13.2. The summed E-state index contributed by atoms with van der Waals surface area (Å²) in [5.74, 6) is -0.349. The summed E-state index contributed by atoms with van der Waals surface area (Å²) in [5.41, 5.74) is -0.499. The van der Waals surface area contributed by atoms with Gasteiger partial charge in [-0.3, -0.25) is 4.79 Å². The highest BCUT2D eigenvalue weighted by molar-refractivity contribution is 5.83. The zero-order valence-electron chi connectivity index (χ0n) is 12.6. The minimum atomic E-state index is -4.42. The Labute approximate surface area is 131 Å². The molecular weight excluding hydrogens is 312 g/mol. The number of nitrogens with one attached hydrogen (secondary N) is 2. The van der Waals surface area contributed by atoms with Crippen LogP contribution in [0.5, 0.6) is 0 Å². The standard InChI is InChI=1S/C16H18F4N2O/c1-9-4-10(6-11(5-9)16(18,19)20)15(2-3-15)22-14(23)13-7-12(17)8-21-13/h4-6,12-13,21H,2-3,7-8H2,1H3,(H,22,23)/t12-,13+/m0/s1. The molecule has 2 aliphatic rings. The van der Waals surface area contributed by atoms with E-state index in [2.05, 4.69) is 10.6 Å². The summed E-state index contributed by atoms with van der Waals surface area (Å²) in [6.07, 6.45) is -4.20. The highest BCUT2D eigenvalue weighted by Crippen LogP contribution is 2.47. The van der Waals surface area contributed by atoms with Gasteiger partial charge >= 0.3 is 6.18 Å². The van der Waals surface area contributed by atoms with E-state index in [4.69, 9.17) is 0 Å². The van der Waals surface area contributed by atoms with Crippen molar-refractivity contribution in [3.8, 4) is 0 Å². The van der Waals surface area contributed by atoms with Gasteiger partial charge in [0.05, 0.1) is 17.1 Å². The quantitative estimate of drug-likeness (QED) is 0.837. The van der Waals surface area contributed by atoms with Crippen molar-refractivity contribution in [3.05, 3.63) is 34.9 Å². The van der Waals surface area contributed by atoms with E-state index in [0.29, 0.717) is 24.0 Å². The SMILES string of the molecule is Cc1cc(C(F)(F)F)cc(C2(NC(=O)[C@H]3C[C@H](F)CN3)CC2)c1. The topological polar surface area (TPSA) is 41.1 Å². The first-order valence-electron chi connectivity index (χ1n) is 7.58. The summed E-state index contributed by atoms with van der Waals surface area (Å²) >= 11 is 0. The number of aryl methyl sites for hydroxylation is 1. The largest absolute Gasteiger partial charge is 0.416 e. The fourth-order valence-electron chi connectivity index (χ4n) is 3.05. The summed E-state index contributed by atoms with van der Waals surface area (Å²) in [6, 6.07) is 3.24. The summed E-state index contributed by atoms with van der Waals surface area (Å²) in [6.45, 7) is 1.73. The molecule has 126 valence electrons. The second-order valence-electron chi connectivity index (χ2n) is 6.45. The van der Waals surface area contributed by atoms with Gasteiger partial charge in [0.15, 0.2) is 0 Å². The molecule has 1 aromatic carbocycles. The zero-order valence-corrected chi connectivity index (χ0v) is 12.6. The first-order chi connectivity index (χ1) is 10.7. The predicted octanol–water partition coefficient (Wildman–Crippen LogP) is 2.82. The van der Waals surface area contributed by atoms with Gasteiger partial charge in [0.25, 0.3) is 0 Å². The smallest absolute Gasteiger partial charge is 0.345 e. The minimum Gasteiger partial charge on any atom is -0.345 e. The van der Waals surface area contributed by atoms with E-state index in [-0.39, 0.29) is 18.9 Å². The van der Waals surface area contributed by atoms with Crippen LogP contribution >= 0.6 is 0 Å². The van der Waals surface area contributed by atoms with Crippen LogP contribution in [0.2, 0.25) is 0 Å². The normalized spacial score (nSPS) is 26.1. The van der Waals surface area contributed by atoms with Crippen LogP contribution in [0.25, 0.3) is 0 Å². The molecule has 2 atom stereocenters. The molecular formula is C16H18F4N2O. The van der Waals surface area contributed by atoms with Crippen molar-refractivity contribution in [1.29, 1.82) is 0 Å². The maximum absolute atomic E-state index is 13.2. The number of carbonyl (C=O) groups is 1. The number of benzene rings is 1. The Hall–Kier alpha value is -1.63. The lowest BCUT2D eigenvalue weighted by Gasteiger charge is -2.22. The van der Waals surface area contributed by atoms with Gasteiger partial charge in [0.1, 0.15) is 6.17 Å². The van der Waals surface area contributed by atoms with Crippen molar-refractivity contribution in [2.45, 2.75) is 50.1 Å². The monoisotopic (exact) mass is 330 g/mol. The summed E-state index contributed by atoms with van der Waals surface area (Å²) in [5, 5.41) is 5.60. The predicted molar refractivity (Wildman–Crippen MR) is 76.5 cm³/mol. The molecule has 1 aromatic rings. The van der Waals surface area contributed by atoms with Crippen LogP contribution in [0, 0.1) is 6.92 Å². The number of carbonyl (C=O) groups excluding carboxylic acids is 1. The van der Waals surface area contributed by atoms with Crippen LogP contribution in [0.4, 0.5) is 17.6 Å². The van der Waals surface area contributed by atoms with Crippen LogP contribution < -0.4 is 10.6 Å². The third kappa shape index (κ3) is 3.34. The van der Waals surface area contributed by atoms with Gasteiger partial charge in [-0.25, -0.2) is 4.39 Å². The Bertz CT molecular complexity index is 625. The molecule has 23 heavy (non-hydrogen) atoms. The van der Waals surface area contributed by atoms with E-state index in [1.165, 1.54) is 0 Å². The average molecular weight is 330 g/mol. The number of halogens is 4. The molecule has 0 spiro atoms. The van der Waals surface area contributed by atoms with Crippen molar-refractivity contribution in [2.24, 2.45) is 0 Å². The molecule has 0 aromatic heterocycles. The first kappa shape index (κ1) is 16.2. The summed E-state index contributed by atoms with van der Waals surface area (Å²) in [4.78, 5) is 12.2. The third-order valence-corrected chi connectivity index (χ3v) is 4.46. The Morgan fingerprint density at radius 1 is 1.30 bits per heavy atom. The van der Waals surface area contributed by atoms with E-state index in [9.17, 15) is 22.4 Å². The van der Waals surface area contributed by atoms with Crippen LogP contribution in [0.1, 0.15) is 36.0 Å². The van der Waals surface area contributed by atoms with E-state index >= 15 is 0 Å². The van der Waals surface area contributed by atoms with E-state index < -0.39 is 29.5 Å². The van der Waals surface area contributed by atoms with Crippen molar-refractivity contribution in [1.82, 2.24) is 10.6 Å². The number of hydrogen-bond acceptors (Lipinski definition) is 2. The lowest BCUT2D eigenvalue weighted by Crippen LogP contribution is -2.45. The van der Waals surface area contributed by atoms with Gasteiger partial charge in [-0.05, 0) is 37.5 Å². The fraction of sp³-hybridized carbons (Fsp3) is 0.562. The summed E-state index contributed by atoms with van der Waals surface area (Å²) in [7, 11) is 0. The van der Waals surface area contributed by atoms with Crippen molar-refractivity contribution < 1.29 is 22.4 Å². The molecule has 1 amide bonds. The summed E-state index contributed by atoms with van der Waals surface area (Å²) < 4.78 is 52.1. The highest BCUT2D eigenvalue weighted by atomic mass is 19.4. The molecule has 2 fully saturated rings. The van der Waals surface area contributed by atoms with Gasteiger partial charge in [-0.1, -0.05) is 11.6 Å². The lowest BCUT2D eigenvalue weighted by atomic mass is 9.98. The van der Waals surface area contributed by atoms with Crippen LogP contribution in [-0.2, 0) is 16.5 Å². The van der Waals surface area contributed by atoms with Gasteiger partial charge < -0.3 is 10.6 Å². The van der Waals surface area contributed by atoms with E-state index in [0.717, 1.165) is 12.1 Å². The second kappa shape index (κ2) is 5.47. The second-order valence-corrected chi connectivity index (χ2v) is 6.45. The maximum Gasteiger partial charge on any atom is 0.416 e. The molecule has 1 aliphatic carbocycles. The van der Waals surface area contributed by atoms with Crippen LogP contribution in [-0.4, -0.2) is 24.7 Å². The number of amides is 1. The van der Waals surface area contributed by atoms with Gasteiger partial charge in [0.2, 0.25) is 5.91 Å². The minimum absolute atomic E-state index is 0.101. The zero-order chi connectivity index (χ0) is 16.8. The van der Waals surface area contributed by atoms with Gasteiger partial charge in [0, 0.05) is 13.0 Å². The Morgan fingerprint density at radius 2 is 2.00 bits per heavy atom. The molecule has 0 radical (unpaired) electrons. The van der Waals surface area contributed by atoms with Crippen molar-refractivity contribution in [3.63, 3.8) is 0 Å². The molecule has 2 N–H and O–H groups in total. The molecule has 3 rings (SSSR count). The van der Waals surface area contributed by atoms with Gasteiger partial charge in [-0.2, -0.15) is 13.2 Å². The molecule has 3 nitrogen and oxygen atoms in total. The molecule has 1 heterocycles. The number of hydrogen-bond donors (Lipinski definition) is 2. The molecule has 0 bridgehead atoms. The van der Waals surface area contributed by atoms with E-state index in [1.807, 2.05) is 0 Å². The highest BCUT2D eigenvalue weighted by Gasteiger charge is 2.48. The van der Waals surface area contributed by atoms with Crippen LogP contribution in [0.3, 0.4) is 0 Å². The first-order valence-corrected chi connectivity index (χ1v) is 7.58. The average Bonchev–Trinajstić information content (AvgIpc) is 3.10. The lowest BCUT2D eigenvalue weighted by molar-refractivity contribution is -0.137. The Kier molecular flexibility index (Phi) is 3.86. The molecule has 0 unspecified atom stereocenters. The molecule has 1 saturated carbocycles. The van der Waals surface area contributed by atoms with Crippen LogP contribution in [0.15, 0.2) is 18.2 Å². The molecule has 1 saturated heterocycles. The Morgan fingerprint density at radius 3 is 2.52 bits per heavy atom. The van der Waals surface area contributed by atoms with Crippen molar-refractivity contribution >= 4 is 5.91 Å².